The lowest BCUT2D eigenvalue weighted by Crippen LogP contribution is -1.99. The lowest BCUT2D eigenvalue weighted by molar-refractivity contribution is 0.199. The fraction of sp³-hybridized carbons (Fsp3) is 0.200. The molecule has 0 aromatic heterocycles. The molecule has 2 rings (SSSR count). The zero-order valence-corrected chi connectivity index (χ0v) is 11.2. The van der Waals surface area contributed by atoms with E-state index in [2.05, 4.69) is 0 Å². The smallest absolute Gasteiger partial charge is 0.148 e. The van der Waals surface area contributed by atoms with Crippen LogP contribution in [-0.2, 0) is 6.61 Å². The predicted molar refractivity (Wildman–Crippen MR) is 72.8 cm³/mol. The van der Waals surface area contributed by atoms with E-state index in [-0.39, 0.29) is 11.6 Å². The maximum atomic E-state index is 13.6. The van der Waals surface area contributed by atoms with Crippen LogP contribution >= 0.6 is 11.6 Å². The van der Waals surface area contributed by atoms with Gasteiger partial charge in [-0.2, -0.15) is 0 Å². The Morgan fingerprint density at radius 2 is 1.89 bits per heavy atom. The summed E-state index contributed by atoms with van der Waals surface area (Å²) in [5.41, 5.74) is 1.22. The van der Waals surface area contributed by atoms with E-state index in [0.717, 1.165) is 5.56 Å². The van der Waals surface area contributed by atoms with Gasteiger partial charge in [0.1, 0.15) is 18.2 Å². The third-order valence-corrected chi connectivity index (χ3v) is 3.08. The van der Waals surface area contributed by atoms with Crippen LogP contribution in [0.4, 0.5) is 4.39 Å². The van der Waals surface area contributed by atoms with Crippen molar-refractivity contribution in [3.63, 3.8) is 0 Å². The van der Waals surface area contributed by atoms with Crippen LogP contribution in [0, 0.1) is 5.82 Å². The molecule has 0 amide bonds. The van der Waals surface area contributed by atoms with E-state index < -0.39 is 11.9 Å². The minimum absolute atomic E-state index is 0.0885. The summed E-state index contributed by atoms with van der Waals surface area (Å²) in [6, 6.07) is 11.8. The number of halogens is 2. The molecule has 0 unspecified atom stereocenters. The molecular formula is C15H14ClFO2. The topological polar surface area (TPSA) is 29.5 Å². The lowest BCUT2D eigenvalue weighted by atomic mass is 10.1. The Bertz CT molecular complexity index is 553. The molecule has 0 heterocycles. The van der Waals surface area contributed by atoms with Gasteiger partial charge in [0, 0.05) is 5.56 Å². The molecule has 1 N–H and O–H groups in total. The molecule has 19 heavy (non-hydrogen) atoms. The van der Waals surface area contributed by atoms with Gasteiger partial charge in [-0.1, -0.05) is 35.9 Å². The normalized spacial score (nSPS) is 12.2. The number of aliphatic hydroxyl groups is 1. The molecule has 4 heteroatoms. The summed E-state index contributed by atoms with van der Waals surface area (Å²) in [6.45, 7) is 1.80. The zero-order chi connectivity index (χ0) is 13.8. The molecule has 0 spiro atoms. The summed E-state index contributed by atoms with van der Waals surface area (Å²) in [4.78, 5) is 0. The fourth-order valence-electron chi connectivity index (χ4n) is 1.66. The summed E-state index contributed by atoms with van der Waals surface area (Å²) in [5, 5.41) is 9.47. The first-order valence-corrected chi connectivity index (χ1v) is 6.29. The summed E-state index contributed by atoms with van der Waals surface area (Å²) in [6.07, 6.45) is -0.514. The van der Waals surface area contributed by atoms with Crippen molar-refractivity contribution in [2.45, 2.75) is 19.6 Å². The van der Waals surface area contributed by atoms with Gasteiger partial charge in [0.05, 0.1) is 11.1 Å². The summed E-state index contributed by atoms with van der Waals surface area (Å²) in [7, 11) is 0. The fourth-order valence-corrected chi connectivity index (χ4v) is 1.86. The Labute approximate surface area is 116 Å². The molecule has 0 saturated heterocycles. The molecular weight excluding hydrogens is 267 g/mol. The molecule has 0 aliphatic carbocycles. The number of aliphatic hydroxyl groups excluding tert-OH is 1. The molecule has 1 atom stereocenters. The van der Waals surface area contributed by atoms with Gasteiger partial charge in [0.15, 0.2) is 0 Å². The van der Waals surface area contributed by atoms with Crippen molar-refractivity contribution in [2.24, 2.45) is 0 Å². The van der Waals surface area contributed by atoms with Gasteiger partial charge in [-0.3, -0.25) is 0 Å². The third-order valence-electron chi connectivity index (χ3n) is 2.79. The highest BCUT2D eigenvalue weighted by atomic mass is 35.5. The Morgan fingerprint density at radius 1 is 1.21 bits per heavy atom. The van der Waals surface area contributed by atoms with E-state index in [0.29, 0.717) is 11.3 Å². The van der Waals surface area contributed by atoms with E-state index in [4.69, 9.17) is 16.3 Å². The standard InChI is InChI=1S/C15H14ClFO2/c1-10(18)11-5-7-13(8-6-11)19-9-12-3-2-4-14(16)15(12)17/h2-8,10,18H,9H2,1H3/t10-/m0/s1. The zero-order valence-electron chi connectivity index (χ0n) is 10.4. The van der Waals surface area contributed by atoms with Crippen molar-refractivity contribution >= 4 is 11.6 Å². The van der Waals surface area contributed by atoms with E-state index in [9.17, 15) is 9.50 Å². The van der Waals surface area contributed by atoms with Crippen LogP contribution in [0.25, 0.3) is 0 Å². The molecule has 0 aliphatic heterocycles. The van der Waals surface area contributed by atoms with Crippen molar-refractivity contribution in [3.05, 3.63) is 64.4 Å². The number of hydrogen-bond donors (Lipinski definition) is 1. The minimum Gasteiger partial charge on any atom is -0.489 e. The molecule has 0 bridgehead atoms. The first-order chi connectivity index (χ1) is 9.08. The van der Waals surface area contributed by atoms with Gasteiger partial charge in [0.2, 0.25) is 0 Å². The molecule has 2 nitrogen and oxygen atoms in total. The van der Waals surface area contributed by atoms with E-state index in [1.807, 2.05) is 0 Å². The van der Waals surface area contributed by atoms with Crippen molar-refractivity contribution in [1.82, 2.24) is 0 Å². The maximum absolute atomic E-state index is 13.6. The molecule has 2 aromatic rings. The number of ether oxygens (including phenoxy) is 1. The van der Waals surface area contributed by atoms with Crippen LogP contribution in [0.15, 0.2) is 42.5 Å². The van der Waals surface area contributed by atoms with Crippen LogP contribution in [0.3, 0.4) is 0 Å². The molecule has 0 aliphatic rings. The van der Waals surface area contributed by atoms with E-state index >= 15 is 0 Å². The Morgan fingerprint density at radius 3 is 2.53 bits per heavy atom. The quantitative estimate of drug-likeness (QED) is 0.913. The van der Waals surface area contributed by atoms with Gasteiger partial charge < -0.3 is 9.84 Å². The number of hydrogen-bond acceptors (Lipinski definition) is 2. The third kappa shape index (κ3) is 3.46. The van der Waals surface area contributed by atoms with Gasteiger partial charge >= 0.3 is 0 Å². The largest absolute Gasteiger partial charge is 0.489 e. The Balaban J connectivity index is 2.04. The monoisotopic (exact) mass is 280 g/mol. The predicted octanol–water partition coefficient (Wildman–Crippen LogP) is 4.11. The molecule has 100 valence electrons. The van der Waals surface area contributed by atoms with Crippen LogP contribution in [0.2, 0.25) is 5.02 Å². The summed E-state index contributed by atoms with van der Waals surface area (Å²) in [5.74, 6) is 0.161. The summed E-state index contributed by atoms with van der Waals surface area (Å²) >= 11 is 5.69. The highest BCUT2D eigenvalue weighted by Gasteiger charge is 2.07. The Hall–Kier alpha value is -1.58. The SMILES string of the molecule is C[C@H](O)c1ccc(OCc2cccc(Cl)c2F)cc1. The van der Waals surface area contributed by atoms with Gasteiger partial charge in [-0.15, -0.1) is 0 Å². The second kappa shape index (κ2) is 6.04. The van der Waals surface area contributed by atoms with Crippen LogP contribution < -0.4 is 4.74 Å². The van der Waals surface area contributed by atoms with Crippen LogP contribution in [0.1, 0.15) is 24.2 Å². The Kier molecular flexibility index (Phi) is 4.40. The van der Waals surface area contributed by atoms with Crippen LogP contribution in [0.5, 0.6) is 5.75 Å². The minimum atomic E-state index is -0.514. The molecule has 0 radical (unpaired) electrons. The first kappa shape index (κ1) is 13.8. The lowest BCUT2D eigenvalue weighted by Gasteiger charge is -2.09. The summed E-state index contributed by atoms with van der Waals surface area (Å²) < 4.78 is 19.1. The number of benzene rings is 2. The van der Waals surface area contributed by atoms with Crippen molar-refractivity contribution in [3.8, 4) is 5.75 Å². The van der Waals surface area contributed by atoms with E-state index in [1.54, 1.807) is 43.3 Å². The molecule has 0 fully saturated rings. The second-order valence-corrected chi connectivity index (χ2v) is 4.65. The van der Waals surface area contributed by atoms with Gasteiger partial charge in [-0.25, -0.2) is 4.39 Å². The first-order valence-electron chi connectivity index (χ1n) is 5.91. The maximum Gasteiger partial charge on any atom is 0.148 e. The number of rotatable bonds is 4. The van der Waals surface area contributed by atoms with Gasteiger partial charge in [0.25, 0.3) is 0 Å². The average molecular weight is 281 g/mol. The molecule has 2 aromatic carbocycles. The van der Waals surface area contributed by atoms with Crippen molar-refractivity contribution in [1.29, 1.82) is 0 Å². The van der Waals surface area contributed by atoms with Crippen molar-refractivity contribution in [2.75, 3.05) is 0 Å². The second-order valence-electron chi connectivity index (χ2n) is 4.25. The van der Waals surface area contributed by atoms with Gasteiger partial charge in [-0.05, 0) is 30.7 Å². The van der Waals surface area contributed by atoms with E-state index in [1.165, 1.54) is 6.07 Å². The highest BCUT2D eigenvalue weighted by molar-refractivity contribution is 6.30. The average Bonchev–Trinajstić information content (AvgIpc) is 2.41. The molecule has 0 saturated carbocycles. The van der Waals surface area contributed by atoms with Crippen LogP contribution in [-0.4, -0.2) is 5.11 Å². The van der Waals surface area contributed by atoms with Crippen molar-refractivity contribution < 1.29 is 14.2 Å². The highest BCUT2D eigenvalue weighted by Crippen LogP contribution is 2.21.